The molecule has 0 N–H and O–H groups in total. The summed E-state index contributed by atoms with van der Waals surface area (Å²) in [5.74, 6) is -0.0298. The molecule has 110 valence electrons. The van der Waals surface area contributed by atoms with Crippen LogP contribution in [0.4, 0.5) is 0 Å². The number of amides is 1. The van der Waals surface area contributed by atoms with E-state index in [-0.39, 0.29) is 12.5 Å². The number of carbonyl (C=O) groups is 1. The van der Waals surface area contributed by atoms with Gasteiger partial charge in [0.05, 0.1) is 13.2 Å². The first-order valence-corrected chi connectivity index (χ1v) is 7.18. The molecule has 0 atom stereocenters. The number of methoxy groups -OCH3 is 1. The Morgan fingerprint density at radius 1 is 1.35 bits per heavy atom. The minimum atomic E-state index is -0.0298. The van der Waals surface area contributed by atoms with Crippen molar-refractivity contribution in [3.05, 3.63) is 33.3 Å². The first-order valence-electron chi connectivity index (χ1n) is 6.43. The van der Waals surface area contributed by atoms with Gasteiger partial charge in [0.2, 0.25) is 5.91 Å². The molecule has 4 nitrogen and oxygen atoms in total. The zero-order valence-electron chi connectivity index (χ0n) is 11.3. The summed E-state index contributed by atoms with van der Waals surface area (Å²) >= 11 is 12.2. The van der Waals surface area contributed by atoms with Crippen molar-refractivity contribution in [1.29, 1.82) is 0 Å². The highest BCUT2D eigenvalue weighted by atomic mass is 35.5. The Hall–Kier alpha value is -0.810. The van der Waals surface area contributed by atoms with Gasteiger partial charge in [-0.2, -0.15) is 0 Å². The van der Waals surface area contributed by atoms with E-state index >= 15 is 0 Å². The molecule has 0 radical (unpaired) electrons. The fourth-order valence-corrected chi connectivity index (χ4v) is 2.78. The van der Waals surface area contributed by atoms with E-state index in [9.17, 15) is 4.79 Å². The van der Waals surface area contributed by atoms with Crippen molar-refractivity contribution >= 4 is 29.1 Å². The Morgan fingerprint density at radius 2 is 2.15 bits per heavy atom. The van der Waals surface area contributed by atoms with Crippen LogP contribution in [0.25, 0.3) is 0 Å². The monoisotopic (exact) mass is 317 g/mol. The van der Waals surface area contributed by atoms with Crippen LogP contribution < -0.4 is 0 Å². The summed E-state index contributed by atoms with van der Waals surface area (Å²) in [5.41, 5.74) is 2.10. The molecule has 6 heteroatoms. The number of hydrogen-bond donors (Lipinski definition) is 0. The Labute approximate surface area is 128 Å². The van der Waals surface area contributed by atoms with Crippen molar-refractivity contribution in [3.63, 3.8) is 0 Å². The molecule has 1 aromatic carbocycles. The Morgan fingerprint density at radius 3 is 2.90 bits per heavy atom. The van der Waals surface area contributed by atoms with Gasteiger partial charge in [-0.3, -0.25) is 4.79 Å². The average molecular weight is 318 g/mol. The van der Waals surface area contributed by atoms with Gasteiger partial charge < -0.3 is 14.4 Å². The maximum atomic E-state index is 12.0. The third-order valence-electron chi connectivity index (χ3n) is 3.26. The van der Waals surface area contributed by atoms with Crippen LogP contribution >= 0.6 is 23.2 Å². The number of nitrogens with zero attached hydrogens (tertiary/aromatic N) is 1. The van der Waals surface area contributed by atoms with E-state index in [2.05, 4.69) is 0 Å². The Bertz CT molecular complexity index is 494. The summed E-state index contributed by atoms with van der Waals surface area (Å²) in [5, 5.41) is 1.25. The van der Waals surface area contributed by atoms with Crippen molar-refractivity contribution in [3.8, 4) is 0 Å². The third-order valence-corrected chi connectivity index (χ3v) is 3.82. The van der Waals surface area contributed by atoms with Gasteiger partial charge in [-0.05, 0) is 29.7 Å². The lowest BCUT2D eigenvalue weighted by Crippen LogP contribution is -2.38. The van der Waals surface area contributed by atoms with Gasteiger partial charge in [-0.1, -0.05) is 23.2 Å². The zero-order valence-corrected chi connectivity index (χ0v) is 12.8. The second kappa shape index (κ2) is 7.27. The Balaban J connectivity index is 1.95. The van der Waals surface area contributed by atoms with Crippen molar-refractivity contribution in [2.75, 3.05) is 33.5 Å². The lowest BCUT2D eigenvalue weighted by molar-refractivity contribution is -0.137. The minimum Gasteiger partial charge on any atom is -0.382 e. The van der Waals surface area contributed by atoms with Gasteiger partial charge in [-0.15, -0.1) is 0 Å². The molecule has 0 fully saturated rings. The average Bonchev–Trinajstić information content (AvgIpc) is 2.43. The van der Waals surface area contributed by atoms with Gasteiger partial charge in [-0.25, -0.2) is 0 Å². The highest BCUT2D eigenvalue weighted by Gasteiger charge is 2.22. The summed E-state index contributed by atoms with van der Waals surface area (Å²) in [4.78, 5) is 13.8. The number of halogens is 2. The molecular formula is C14H17Cl2NO3. The van der Waals surface area contributed by atoms with Crippen molar-refractivity contribution in [2.24, 2.45) is 0 Å². The van der Waals surface area contributed by atoms with Crippen LogP contribution in [0.1, 0.15) is 11.1 Å². The lowest BCUT2D eigenvalue weighted by atomic mass is 10.00. The molecule has 0 aliphatic carbocycles. The lowest BCUT2D eigenvalue weighted by Gasteiger charge is -2.29. The summed E-state index contributed by atoms with van der Waals surface area (Å²) in [6.45, 7) is 2.15. The summed E-state index contributed by atoms with van der Waals surface area (Å²) in [6.07, 6.45) is 0.763. The smallest absolute Gasteiger partial charge is 0.248 e. The highest BCUT2D eigenvalue weighted by Crippen LogP contribution is 2.29. The quantitative estimate of drug-likeness (QED) is 0.783. The molecule has 1 amide bonds. The zero-order chi connectivity index (χ0) is 14.5. The fraction of sp³-hybridized carbons (Fsp3) is 0.500. The van der Waals surface area contributed by atoms with E-state index in [4.69, 9.17) is 32.7 Å². The molecule has 20 heavy (non-hydrogen) atoms. The van der Waals surface area contributed by atoms with E-state index in [1.165, 1.54) is 0 Å². The van der Waals surface area contributed by atoms with Crippen molar-refractivity contribution in [2.45, 2.75) is 13.0 Å². The molecule has 0 bridgehead atoms. The van der Waals surface area contributed by atoms with Crippen LogP contribution in [0, 0.1) is 0 Å². The van der Waals surface area contributed by atoms with Crippen LogP contribution in [0.15, 0.2) is 12.1 Å². The molecule has 0 spiro atoms. The topological polar surface area (TPSA) is 38.8 Å². The number of rotatable bonds is 5. The number of hydrogen-bond acceptors (Lipinski definition) is 3. The largest absolute Gasteiger partial charge is 0.382 e. The van der Waals surface area contributed by atoms with E-state index < -0.39 is 0 Å². The number of benzene rings is 1. The van der Waals surface area contributed by atoms with Crippen molar-refractivity contribution < 1.29 is 14.3 Å². The summed E-state index contributed by atoms with van der Waals surface area (Å²) in [7, 11) is 1.60. The normalized spacial score (nSPS) is 14.2. The van der Waals surface area contributed by atoms with Gasteiger partial charge >= 0.3 is 0 Å². The van der Waals surface area contributed by atoms with E-state index in [1.807, 2.05) is 6.07 Å². The Kier molecular flexibility index (Phi) is 5.66. The first-order chi connectivity index (χ1) is 9.61. The van der Waals surface area contributed by atoms with Gasteiger partial charge in [0.25, 0.3) is 0 Å². The second-order valence-corrected chi connectivity index (χ2v) is 5.48. The summed E-state index contributed by atoms with van der Waals surface area (Å²) < 4.78 is 10.1. The first kappa shape index (κ1) is 15.6. The molecule has 0 unspecified atom stereocenters. The van der Waals surface area contributed by atoms with Crippen LogP contribution in [0.3, 0.4) is 0 Å². The van der Waals surface area contributed by atoms with Crippen LogP contribution in [0.2, 0.25) is 10.0 Å². The number of ether oxygens (including phenoxy) is 2. The predicted molar refractivity (Wildman–Crippen MR) is 78.3 cm³/mol. The molecule has 0 saturated carbocycles. The van der Waals surface area contributed by atoms with E-state index in [0.29, 0.717) is 36.3 Å². The van der Waals surface area contributed by atoms with Gasteiger partial charge in [0.1, 0.15) is 6.61 Å². The fourth-order valence-electron chi connectivity index (χ4n) is 2.19. The van der Waals surface area contributed by atoms with Crippen LogP contribution in [-0.2, 0) is 27.2 Å². The minimum absolute atomic E-state index is 0.0298. The van der Waals surface area contributed by atoms with E-state index in [1.54, 1.807) is 18.1 Å². The number of fused-ring (bicyclic) bond motifs is 1. The maximum Gasteiger partial charge on any atom is 0.248 e. The molecule has 1 aliphatic heterocycles. The molecule has 0 saturated heterocycles. The van der Waals surface area contributed by atoms with Crippen LogP contribution in [-0.4, -0.2) is 44.3 Å². The number of carbonyl (C=O) groups excluding carboxylic acids is 1. The summed E-state index contributed by atoms with van der Waals surface area (Å²) in [6, 6.07) is 3.63. The second-order valence-electron chi connectivity index (χ2n) is 4.64. The molecule has 1 aliphatic rings. The highest BCUT2D eigenvalue weighted by molar-refractivity contribution is 6.35. The van der Waals surface area contributed by atoms with Gasteiger partial charge in [0, 0.05) is 30.2 Å². The predicted octanol–water partition coefficient (Wildman–Crippen LogP) is 2.54. The molecule has 0 aromatic heterocycles. The van der Waals surface area contributed by atoms with Crippen LogP contribution in [0.5, 0.6) is 0 Å². The maximum absolute atomic E-state index is 12.0. The molecule has 1 aromatic rings. The van der Waals surface area contributed by atoms with Crippen molar-refractivity contribution in [1.82, 2.24) is 4.90 Å². The molecule has 1 heterocycles. The molecular weight excluding hydrogens is 301 g/mol. The third kappa shape index (κ3) is 3.85. The molecule has 2 rings (SSSR count). The van der Waals surface area contributed by atoms with Gasteiger partial charge in [0.15, 0.2) is 0 Å². The SMILES string of the molecule is COCCOCC(=O)N1CCc2cc(Cl)cc(Cl)c2C1. The van der Waals surface area contributed by atoms with E-state index in [0.717, 1.165) is 17.5 Å². The standard InChI is InChI=1S/C14H17Cl2NO3/c1-19-4-5-20-9-14(18)17-3-2-10-6-11(15)7-13(16)12(10)8-17/h6-7H,2-5,8-9H2,1H3.